The summed E-state index contributed by atoms with van der Waals surface area (Å²) >= 11 is 0. The predicted octanol–water partition coefficient (Wildman–Crippen LogP) is 0.285. The second-order valence-corrected chi connectivity index (χ2v) is 3.27. The number of hydrogen-bond acceptors (Lipinski definition) is 5. The topological polar surface area (TPSA) is 114 Å². The number of phenols is 1. The van der Waals surface area contributed by atoms with E-state index >= 15 is 0 Å². The van der Waals surface area contributed by atoms with E-state index in [1.807, 2.05) is 0 Å². The van der Waals surface area contributed by atoms with Gasteiger partial charge in [0.05, 0.1) is 7.11 Å². The van der Waals surface area contributed by atoms with Gasteiger partial charge in [-0.15, -0.1) is 0 Å². The lowest BCUT2D eigenvalue weighted by atomic mass is 10.1. The van der Waals surface area contributed by atoms with Crippen LogP contribution in [0.1, 0.15) is 10.5 Å². The third kappa shape index (κ3) is 1.89. The summed E-state index contributed by atoms with van der Waals surface area (Å²) in [5.74, 6) is -0.412. The number of H-pyrrole nitrogens is 1. The molecule has 1 amide bonds. The van der Waals surface area contributed by atoms with Gasteiger partial charge >= 0.3 is 0 Å². The number of primary amides is 1. The van der Waals surface area contributed by atoms with Gasteiger partial charge in [-0.05, 0) is 18.2 Å². The van der Waals surface area contributed by atoms with Crippen molar-refractivity contribution in [1.29, 1.82) is 0 Å². The van der Waals surface area contributed by atoms with Crippen LogP contribution in [-0.4, -0.2) is 33.5 Å². The number of benzene rings is 1. The summed E-state index contributed by atoms with van der Waals surface area (Å²) in [5, 5.41) is 19.4. The molecule has 0 saturated carbocycles. The molecule has 0 unspecified atom stereocenters. The van der Waals surface area contributed by atoms with Gasteiger partial charge in [-0.1, -0.05) is 0 Å². The molecular weight excluding hydrogens is 224 g/mol. The normalized spacial score (nSPS) is 10.2. The van der Waals surface area contributed by atoms with E-state index in [2.05, 4.69) is 15.4 Å². The number of nitrogens with one attached hydrogen (secondary N) is 1. The van der Waals surface area contributed by atoms with Crippen LogP contribution in [-0.2, 0) is 0 Å². The quantitative estimate of drug-likeness (QED) is 0.705. The van der Waals surface area contributed by atoms with E-state index in [0.29, 0.717) is 11.3 Å². The van der Waals surface area contributed by atoms with Crippen molar-refractivity contribution in [2.24, 2.45) is 5.73 Å². The van der Waals surface area contributed by atoms with Crippen LogP contribution >= 0.6 is 0 Å². The molecule has 0 radical (unpaired) electrons. The van der Waals surface area contributed by atoms with E-state index in [-0.39, 0.29) is 17.1 Å². The van der Waals surface area contributed by atoms with E-state index in [1.165, 1.54) is 13.2 Å². The average Bonchev–Trinajstić information content (AvgIpc) is 2.77. The van der Waals surface area contributed by atoms with Gasteiger partial charge in [-0.3, -0.25) is 4.79 Å². The molecule has 2 aromatic rings. The Balaban J connectivity index is 2.50. The van der Waals surface area contributed by atoms with E-state index in [9.17, 15) is 9.90 Å². The summed E-state index contributed by atoms with van der Waals surface area (Å²) in [5.41, 5.74) is 5.97. The second kappa shape index (κ2) is 4.12. The zero-order valence-corrected chi connectivity index (χ0v) is 8.97. The van der Waals surface area contributed by atoms with Gasteiger partial charge in [0.1, 0.15) is 5.69 Å². The van der Waals surface area contributed by atoms with Crippen LogP contribution in [0.2, 0.25) is 0 Å². The Bertz CT molecular complexity index is 564. The molecular formula is C10H10N4O3. The second-order valence-electron chi connectivity index (χ2n) is 3.27. The van der Waals surface area contributed by atoms with E-state index in [4.69, 9.17) is 10.5 Å². The van der Waals surface area contributed by atoms with E-state index in [0.717, 1.165) is 0 Å². The summed E-state index contributed by atoms with van der Waals surface area (Å²) in [6.45, 7) is 0. The molecule has 1 heterocycles. The fourth-order valence-corrected chi connectivity index (χ4v) is 1.44. The van der Waals surface area contributed by atoms with Crippen molar-refractivity contribution in [1.82, 2.24) is 15.4 Å². The van der Waals surface area contributed by atoms with Crippen LogP contribution in [0.3, 0.4) is 0 Å². The van der Waals surface area contributed by atoms with Crippen molar-refractivity contribution >= 4 is 5.91 Å². The Hall–Kier alpha value is -2.57. The van der Waals surface area contributed by atoms with Crippen molar-refractivity contribution in [3.8, 4) is 22.8 Å². The molecule has 0 fully saturated rings. The van der Waals surface area contributed by atoms with E-state index < -0.39 is 5.91 Å². The van der Waals surface area contributed by atoms with Gasteiger partial charge in [0.2, 0.25) is 0 Å². The molecule has 0 saturated heterocycles. The van der Waals surface area contributed by atoms with Crippen molar-refractivity contribution < 1.29 is 14.6 Å². The van der Waals surface area contributed by atoms with Gasteiger partial charge in [0.15, 0.2) is 17.2 Å². The minimum Gasteiger partial charge on any atom is -0.504 e. The molecule has 4 N–H and O–H groups in total. The number of methoxy groups -OCH3 is 1. The highest BCUT2D eigenvalue weighted by Gasteiger charge is 2.16. The molecule has 7 heteroatoms. The summed E-state index contributed by atoms with van der Waals surface area (Å²) in [6.07, 6.45) is 0. The SMILES string of the molecule is COc1ccc(-c2n[nH]nc2C(N)=O)cc1O. The molecule has 17 heavy (non-hydrogen) atoms. The van der Waals surface area contributed by atoms with Gasteiger partial charge in [0, 0.05) is 5.56 Å². The predicted molar refractivity (Wildman–Crippen MR) is 58.6 cm³/mol. The lowest BCUT2D eigenvalue weighted by Gasteiger charge is -2.04. The zero-order valence-electron chi connectivity index (χ0n) is 8.97. The first-order valence-corrected chi connectivity index (χ1v) is 4.71. The van der Waals surface area contributed by atoms with Crippen LogP contribution in [0.25, 0.3) is 11.3 Å². The maximum Gasteiger partial charge on any atom is 0.271 e. The third-order valence-corrected chi connectivity index (χ3v) is 2.23. The summed E-state index contributed by atoms with van der Waals surface area (Å²) in [4.78, 5) is 11.1. The summed E-state index contributed by atoms with van der Waals surface area (Å²) < 4.78 is 4.91. The number of carbonyl (C=O) groups excluding carboxylic acids is 1. The largest absolute Gasteiger partial charge is 0.504 e. The summed E-state index contributed by atoms with van der Waals surface area (Å²) in [6, 6.07) is 4.62. The van der Waals surface area contributed by atoms with Crippen LogP contribution < -0.4 is 10.5 Å². The van der Waals surface area contributed by atoms with Crippen molar-refractivity contribution in [2.75, 3.05) is 7.11 Å². The molecule has 0 aliphatic heterocycles. The number of phenolic OH excluding ortho intramolecular Hbond substituents is 1. The molecule has 0 aliphatic carbocycles. The summed E-state index contributed by atoms with van der Waals surface area (Å²) in [7, 11) is 1.44. The molecule has 0 bridgehead atoms. The number of ether oxygens (including phenoxy) is 1. The maximum atomic E-state index is 11.1. The first kappa shape index (κ1) is 10.9. The number of carbonyl (C=O) groups is 1. The number of aromatic amines is 1. The number of hydrogen-bond donors (Lipinski definition) is 3. The smallest absolute Gasteiger partial charge is 0.271 e. The van der Waals surface area contributed by atoms with E-state index in [1.54, 1.807) is 12.1 Å². The van der Waals surface area contributed by atoms with Crippen LogP contribution in [0, 0.1) is 0 Å². The highest BCUT2D eigenvalue weighted by molar-refractivity contribution is 5.96. The monoisotopic (exact) mass is 234 g/mol. The molecule has 0 atom stereocenters. The molecule has 88 valence electrons. The number of rotatable bonds is 3. The molecule has 0 aliphatic rings. The molecule has 1 aromatic heterocycles. The Morgan fingerprint density at radius 2 is 2.24 bits per heavy atom. The number of nitrogens with two attached hydrogens (primary N) is 1. The zero-order chi connectivity index (χ0) is 12.4. The minimum atomic E-state index is -0.691. The molecule has 7 nitrogen and oxygen atoms in total. The Morgan fingerprint density at radius 1 is 1.47 bits per heavy atom. The van der Waals surface area contributed by atoms with Crippen molar-refractivity contribution in [2.45, 2.75) is 0 Å². The van der Waals surface area contributed by atoms with Crippen LogP contribution in [0.5, 0.6) is 11.5 Å². The first-order valence-electron chi connectivity index (χ1n) is 4.71. The fraction of sp³-hybridized carbons (Fsp3) is 0.100. The molecule has 2 rings (SSSR count). The lowest BCUT2D eigenvalue weighted by molar-refractivity contribution is 0.0996. The minimum absolute atomic E-state index is 0.0227. The van der Waals surface area contributed by atoms with Gasteiger partial charge in [0.25, 0.3) is 5.91 Å². The highest BCUT2D eigenvalue weighted by atomic mass is 16.5. The molecule has 0 spiro atoms. The Morgan fingerprint density at radius 3 is 2.82 bits per heavy atom. The Labute approximate surface area is 96.2 Å². The van der Waals surface area contributed by atoms with Gasteiger partial charge in [-0.25, -0.2) is 0 Å². The van der Waals surface area contributed by atoms with Crippen LogP contribution in [0.4, 0.5) is 0 Å². The standard InChI is InChI=1S/C10H10N4O3/c1-17-7-3-2-5(4-6(7)15)8-9(10(11)16)13-14-12-8/h2-4,15H,1H3,(H2,11,16)(H,12,13,14). The Kier molecular flexibility index (Phi) is 2.65. The van der Waals surface area contributed by atoms with Crippen molar-refractivity contribution in [3.05, 3.63) is 23.9 Å². The average molecular weight is 234 g/mol. The van der Waals surface area contributed by atoms with Gasteiger partial charge in [-0.2, -0.15) is 15.4 Å². The third-order valence-electron chi connectivity index (χ3n) is 2.23. The number of aromatic hydroxyl groups is 1. The number of aromatic nitrogens is 3. The van der Waals surface area contributed by atoms with Crippen molar-refractivity contribution in [3.63, 3.8) is 0 Å². The van der Waals surface area contributed by atoms with Gasteiger partial charge < -0.3 is 15.6 Å². The molecule has 1 aromatic carbocycles. The highest BCUT2D eigenvalue weighted by Crippen LogP contribution is 2.31. The lowest BCUT2D eigenvalue weighted by Crippen LogP contribution is -2.12. The fourth-order valence-electron chi connectivity index (χ4n) is 1.44. The van der Waals surface area contributed by atoms with Crippen LogP contribution in [0.15, 0.2) is 18.2 Å². The number of nitrogens with zero attached hydrogens (tertiary/aromatic N) is 2. The first-order chi connectivity index (χ1) is 8.13. The number of amides is 1. The maximum absolute atomic E-state index is 11.1.